The first-order valence-electron chi connectivity index (χ1n) is 6.94. The average molecular weight is 282 g/mol. The van der Waals surface area contributed by atoms with Gasteiger partial charge >= 0.3 is 6.03 Å². The first-order valence-corrected chi connectivity index (χ1v) is 6.94. The van der Waals surface area contributed by atoms with Gasteiger partial charge in [0, 0.05) is 19.1 Å². The number of carbonyl (C=O) groups is 3. The van der Waals surface area contributed by atoms with Crippen molar-refractivity contribution in [1.82, 2.24) is 20.4 Å². The summed E-state index contributed by atoms with van der Waals surface area (Å²) in [5.41, 5.74) is -0.967. The van der Waals surface area contributed by atoms with E-state index >= 15 is 0 Å². The van der Waals surface area contributed by atoms with Crippen LogP contribution in [0, 0.1) is 0 Å². The minimum atomic E-state index is -0.967. The Morgan fingerprint density at radius 3 is 2.70 bits per heavy atom. The Morgan fingerprint density at radius 1 is 1.45 bits per heavy atom. The number of likely N-dealkylation sites (N-methyl/N-ethyl adjacent to an activating group) is 1. The topological polar surface area (TPSA) is 81.8 Å². The molecular weight excluding hydrogens is 260 g/mol. The third-order valence-electron chi connectivity index (χ3n) is 4.17. The zero-order valence-electron chi connectivity index (χ0n) is 12.2. The lowest BCUT2D eigenvalue weighted by Gasteiger charge is -2.35. The number of likely N-dealkylation sites (tertiary alicyclic amines) is 1. The van der Waals surface area contributed by atoms with Gasteiger partial charge in [0.05, 0.1) is 0 Å². The minimum absolute atomic E-state index is 0.0546. The Hall–Kier alpha value is -1.63. The van der Waals surface area contributed by atoms with Crippen molar-refractivity contribution >= 4 is 17.8 Å². The number of hydrogen-bond donors (Lipinski definition) is 2. The molecule has 112 valence electrons. The summed E-state index contributed by atoms with van der Waals surface area (Å²) < 4.78 is 0. The van der Waals surface area contributed by atoms with Crippen LogP contribution in [0.15, 0.2) is 0 Å². The van der Waals surface area contributed by atoms with E-state index in [0.717, 1.165) is 12.8 Å². The molecule has 0 aromatic carbocycles. The molecule has 2 aliphatic heterocycles. The van der Waals surface area contributed by atoms with E-state index in [4.69, 9.17) is 0 Å². The highest BCUT2D eigenvalue weighted by Crippen LogP contribution is 2.21. The van der Waals surface area contributed by atoms with Crippen molar-refractivity contribution < 1.29 is 14.4 Å². The van der Waals surface area contributed by atoms with Crippen molar-refractivity contribution in [3.63, 3.8) is 0 Å². The number of imide groups is 1. The monoisotopic (exact) mass is 282 g/mol. The summed E-state index contributed by atoms with van der Waals surface area (Å²) in [6.07, 6.45) is 2.00. The smallest absolute Gasteiger partial charge is 0.325 e. The first kappa shape index (κ1) is 14.8. The molecule has 0 radical (unpaired) electrons. The van der Waals surface area contributed by atoms with E-state index in [0.29, 0.717) is 19.1 Å². The van der Waals surface area contributed by atoms with E-state index in [9.17, 15) is 14.4 Å². The molecule has 0 aromatic rings. The number of urea groups is 1. The molecule has 2 heterocycles. The van der Waals surface area contributed by atoms with Crippen LogP contribution in [0.25, 0.3) is 0 Å². The quantitative estimate of drug-likeness (QED) is 0.686. The van der Waals surface area contributed by atoms with Gasteiger partial charge in [0.15, 0.2) is 0 Å². The normalized spacial score (nSPS) is 25.9. The van der Waals surface area contributed by atoms with Gasteiger partial charge in [-0.15, -0.1) is 0 Å². The molecule has 1 atom stereocenters. The molecule has 0 aromatic heterocycles. The number of amides is 4. The fraction of sp³-hybridized carbons (Fsp3) is 0.769. The van der Waals surface area contributed by atoms with Gasteiger partial charge in [0.2, 0.25) is 5.91 Å². The third-order valence-corrected chi connectivity index (χ3v) is 4.17. The summed E-state index contributed by atoms with van der Waals surface area (Å²) in [6.45, 7) is 4.60. The zero-order valence-corrected chi connectivity index (χ0v) is 12.2. The van der Waals surface area contributed by atoms with Crippen molar-refractivity contribution in [3.8, 4) is 0 Å². The molecule has 0 saturated carbocycles. The molecule has 2 aliphatic rings. The number of rotatable bonds is 3. The maximum Gasteiger partial charge on any atom is 0.325 e. The largest absolute Gasteiger partial charge is 0.340 e. The van der Waals surface area contributed by atoms with E-state index in [-0.39, 0.29) is 18.4 Å². The molecule has 0 unspecified atom stereocenters. The van der Waals surface area contributed by atoms with Crippen LogP contribution >= 0.6 is 0 Å². The second-order valence-corrected chi connectivity index (χ2v) is 5.87. The van der Waals surface area contributed by atoms with E-state index in [1.54, 1.807) is 18.7 Å². The lowest BCUT2D eigenvalue weighted by atomic mass is 10.0. The van der Waals surface area contributed by atoms with Gasteiger partial charge in [-0.05, 0) is 33.7 Å². The van der Waals surface area contributed by atoms with Crippen LogP contribution < -0.4 is 10.6 Å². The van der Waals surface area contributed by atoms with Gasteiger partial charge in [-0.1, -0.05) is 0 Å². The highest BCUT2D eigenvalue weighted by molar-refractivity contribution is 6.07. The zero-order chi connectivity index (χ0) is 14.9. The Balaban J connectivity index is 2.01. The van der Waals surface area contributed by atoms with Gasteiger partial charge in [0.1, 0.15) is 12.1 Å². The van der Waals surface area contributed by atoms with Crippen molar-refractivity contribution in [3.05, 3.63) is 0 Å². The Morgan fingerprint density at radius 2 is 2.15 bits per heavy atom. The fourth-order valence-electron chi connectivity index (χ4n) is 2.64. The third kappa shape index (κ3) is 2.63. The van der Waals surface area contributed by atoms with E-state index < -0.39 is 11.6 Å². The molecule has 0 spiro atoms. The summed E-state index contributed by atoms with van der Waals surface area (Å²) in [6, 6.07) is -0.190. The molecular formula is C13H22N4O3. The SMILES string of the molecule is CN[C@@H]1CCCN(C(=O)CN2C(=O)NC(=O)C2(C)C)C1. The summed E-state index contributed by atoms with van der Waals surface area (Å²) in [5.74, 6) is -0.468. The molecule has 2 N–H and O–H groups in total. The molecule has 20 heavy (non-hydrogen) atoms. The second kappa shape index (κ2) is 5.40. The van der Waals surface area contributed by atoms with Crippen LogP contribution in [-0.2, 0) is 9.59 Å². The van der Waals surface area contributed by atoms with Gasteiger partial charge in [0.25, 0.3) is 5.91 Å². The summed E-state index contributed by atoms with van der Waals surface area (Å²) in [5, 5.41) is 5.42. The maximum absolute atomic E-state index is 12.3. The number of hydrogen-bond acceptors (Lipinski definition) is 4. The number of nitrogens with one attached hydrogen (secondary N) is 2. The van der Waals surface area contributed by atoms with Crippen molar-refractivity contribution in [2.45, 2.75) is 38.3 Å². The standard InChI is InChI=1S/C13H22N4O3/c1-13(2)11(19)15-12(20)17(13)8-10(18)16-6-4-5-9(7-16)14-3/h9,14H,4-8H2,1-3H3,(H,15,19,20)/t9-/m1/s1. The van der Waals surface area contributed by atoms with Crippen molar-refractivity contribution in [2.75, 3.05) is 26.7 Å². The first-order chi connectivity index (χ1) is 9.36. The van der Waals surface area contributed by atoms with Crippen LogP contribution in [0.5, 0.6) is 0 Å². The van der Waals surface area contributed by atoms with Gasteiger partial charge < -0.3 is 15.1 Å². The minimum Gasteiger partial charge on any atom is -0.340 e. The maximum atomic E-state index is 12.3. The second-order valence-electron chi connectivity index (χ2n) is 5.87. The van der Waals surface area contributed by atoms with Crippen LogP contribution in [0.1, 0.15) is 26.7 Å². The predicted octanol–water partition coefficient (Wildman–Crippen LogP) is -0.473. The molecule has 7 nitrogen and oxygen atoms in total. The Kier molecular flexibility index (Phi) is 3.99. The van der Waals surface area contributed by atoms with E-state index in [2.05, 4.69) is 10.6 Å². The average Bonchev–Trinajstić information content (AvgIpc) is 2.61. The lowest BCUT2D eigenvalue weighted by Crippen LogP contribution is -2.53. The number of piperidine rings is 1. The lowest BCUT2D eigenvalue weighted by molar-refractivity contribution is -0.134. The predicted molar refractivity (Wildman–Crippen MR) is 73.0 cm³/mol. The van der Waals surface area contributed by atoms with Crippen molar-refractivity contribution in [1.29, 1.82) is 0 Å². The fourth-order valence-corrected chi connectivity index (χ4v) is 2.64. The van der Waals surface area contributed by atoms with Crippen LogP contribution in [0.3, 0.4) is 0 Å². The van der Waals surface area contributed by atoms with Crippen LogP contribution in [0.4, 0.5) is 4.79 Å². The highest BCUT2D eigenvalue weighted by Gasteiger charge is 2.46. The van der Waals surface area contributed by atoms with Gasteiger partial charge in [-0.2, -0.15) is 0 Å². The molecule has 0 aliphatic carbocycles. The van der Waals surface area contributed by atoms with Gasteiger partial charge in [-0.3, -0.25) is 14.9 Å². The highest BCUT2D eigenvalue weighted by atomic mass is 16.2. The van der Waals surface area contributed by atoms with Crippen LogP contribution in [0.2, 0.25) is 0 Å². The number of nitrogens with zero attached hydrogens (tertiary/aromatic N) is 2. The molecule has 2 rings (SSSR count). The molecule has 2 fully saturated rings. The Bertz CT molecular complexity index is 435. The number of carbonyl (C=O) groups excluding carboxylic acids is 3. The van der Waals surface area contributed by atoms with Crippen molar-refractivity contribution in [2.24, 2.45) is 0 Å². The van der Waals surface area contributed by atoms with Gasteiger partial charge in [-0.25, -0.2) is 4.79 Å². The van der Waals surface area contributed by atoms with E-state index in [1.165, 1.54) is 4.90 Å². The van der Waals surface area contributed by atoms with E-state index in [1.807, 2.05) is 7.05 Å². The molecule has 4 amide bonds. The molecule has 7 heteroatoms. The Labute approximate surface area is 118 Å². The summed E-state index contributed by atoms with van der Waals surface area (Å²) >= 11 is 0. The summed E-state index contributed by atoms with van der Waals surface area (Å²) in [7, 11) is 1.88. The molecule has 0 bridgehead atoms. The summed E-state index contributed by atoms with van der Waals surface area (Å²) in [4.78, 5) is 38.8. The van der Waals surface area contributed by atoms with Crippen LogP contribution in [-0.4, -0.2) is 65.9 Å². The molecule has 2 saturated heterocycles.